The van der Waals surface area contributed by atoms with Gasteiger partial charge >= 0.3 is 5.97 Å². The van der Waals surface area contributed by atoms with E-state index >= 15 is 0 Å². The molecule has 3 fully saturated rings. The predicted octanol–water partition coefficient (Wildman–Crippen LogP) is 3.83. The van der Waals surface area contributed by atoms with Crippen molar-refractivity contribution in [2.45, 2.75) is 123 Å². The smallest absolute Gasteiger partial charge is 0.319 e. The number of ether oxygens (including phenoxy) is 4. The highest BCUT2D eigenvalue weighted by molar-refractivity contribution is 6.04. The molecule has 0 unspecified atom stereocenters. The summed E-state index contributed by atoms with van der Waals surface area (Å²) in [6, 6.07) is -0.163. The molecule has 9 atom stereocenters. The van der Waals surface area contributed by atoms with Crippen LogP contribution in [0.2, 0.25) is 0 Å². The summed E-state index contributed by atoms with van der Waals surface area (Å²) in [7, 11) is 7.64. The number of piperidine rings is 1. The number of methoxy groups -OCH3 is 1. The summed E-state index contributed by atoms with van der Waals surface area (Å²) in [5.41, 5.74) is -2.29. The Bertz CT molecular complexity index is 942. The van der Waals surface area contributed by atoms with E-state index in [9.17, 15) is 14.7 Å². The van der Waals surface area contributed by atoms with Crippen LogP contribution in [-0.2, 0) is 28.5 Å². The number of likely N-dealkylation sites (tertiary alicyclic amines) is 1. The lowest BCUT2D eigenvalue weighted by Crippen LogP contribution is -2.59. The van der Waals surface area contributed by atoms with Crippen LogP contribution in [0.1, 0.15) is 86.5 Å². The number of carbonyl (C=O) groups is 2. The Labute approximate surface area is 273 Å². The van der Waals surface area contributed by atoms with Crippen molar-refractivity contribution in [3.8, 4) is 0 Å². The summed E-state index contributed by atoms with van der Waals surface area (Å²) in [5.74, 6) is -1.12. The van der Waals surface area contributed by atoms with E-state index in [1.54, 1.807) is 27.9 Å². The van der Waals surface area contributed by atoms with Gasteiger partial charge in [-0.2, -0.15) is 0 Å². The molecule has 3 aliphatic heterocycles. The van der Waals surface area contributed by atoms with Crippen LogP contribution < -0.4 is 0 Å². The average Bonchev–Trinajstić information content (AvgIpc) is 2.98. The van der Waals surface area contributed by atoms with E-state index in [1.165, 1.54) is 32.4 Å². The molecule has 3 aliphatic rings. The standard InChI is InChI=1S/C35H65N3O7/c1-24-20-35(6,42-10)31(45-32-29(39)28(36(7)8)19-25(2)44-32)26(3)30(40)34(4,5)33(41)43-23-27(22-37(9)21-24)15-14-18-38-16-12-11-13-17-38/h24-29,31-32,39H,11-23H2,1-10H3/t24-,25-,26+,27-,28+,29-,31-,32+,35-/m1/s1. The Hall–Kier alpha value is -1.14. The first kappa shape index (κ1) is 38.3. The van der Waals surface area contributed by atoms with Gasteiger partial charge in [-0.15, -0.1) is 0 Å². The highest BCUT2D eigenvalue weighted by Gasteiger charge is 2.51. The third-order valence-corrected chi connectivity index (χ3v) is 10.6. The number of cyclic esters (lactones) is 1. The fourth-order valence-corrected chi connectivity index (χ4v) is 7.90. The number of esters is 1. The summed E-state index contributed by atoms with van der Waals surface area (Å²) in [4.78, 5) is 34.7. The number of likely N-dealkylation sites (N-methyl/N-ethyl adjacent to an activating group) is 1. The fraction of sp³-hybridized carbons (Fsp3) is 0.943. The minimum Gasteiger partial charge on any atom is -0.465 e. The van der Waals surface area contributed by atoms with E-state index in [0.29, 0.717) is 19.4 Å². The molecule has 0 amide bonds. The van der Waals surface area contributed by atoms with Crippen LogP contribution in [-0.4, -0.2) is 135 Å². The molecule has 3 saturated heterocycles. The van der Waals surface area contributed by atoms with Crippen LogP contribution in [0.5, 0.6) is 0 Å². The van der Waals surface area contributed by atoms with Crippen molar-refractivity contribution in [2.24, 2.45) is 23.2 Å². The summed E-state index contributed by atoms with van der Waals surface area (Å²) in [5, 5.41) is 11.3. The quantitative estimate of drug-likeness (QED) is 0.312. The van der Waals surface area contributed by atoms with Crippen LogP contribution in [0.25, 0.3) is 0 Å². The van der Waals surface area contributed by atoms with E-state index in [0.717, 1.165) is 32.5 Å². The van der Waals surface area contributed by atoms with Gasteiger partial charge < -0.3 is 38.8 Å². The Kier molecular flexibility index (Phi) is 14.3. The first-order chi connectivity index (χ1) is 21.1. The molecule has 0 aliphatic carbocycles. The van der Waals surface area contributed by atoms with Gasteiger partial charge in [0, 0.05) is 38.1 Å². The second-order valence-corrected chi connectivity index (χ2v) is 15.5. The van der Waals surface area contributed by atoms with Gasteiger partial charge in [0.15, 0.2) is 12.1 Å². The van der Waals surface area contributed by atoms with E-state index in [4.69, 9.17) is 18.9 Å². The minimum atomic E-state index is -1.39. The number of aliphatic hydroxyl groups excluding tert-OH is 1. The van der Waals surface area contributed by atoms with Crippen LogP contribution in [0, 0.1) is 23.2 Å². The van der Waals surface area contributed by atoms with Gasteiger partial charge in [-0.25, -0.2) is 0 Å². The van der Waals surface area contributed by atoms with E-state index < -0.39 is 41.4 Å². The molecule has 10 heteroatoms. The molecule has 0 aromatic rings. The molecule has 1 N–H and O–H groups in total. The Morgan fingerprint density at radius 2 is 1.71 bits per heavy atom. The van der Waals surface area contributed by atoms with Crippen LogP contribution in [0.3, 0.4) is 0 Å². The van der Waals surface area contributed by atoms with Crippen molar-refractivity contribution in [2.75, 3.05) is 67.6 Å². The second kappa shape index (κ2) is 16.8. The summed E-state index contributed by atoms with van der Waals surface area (Å²) < 4.78 is 24.9. The van der Waals surface area contributed by atoms with Crippen LogP contribution >= 0.6 is 0 Å². The molecule has 3 heterocycles. The third-order valence-electron chi connectivity index (χ3n) is 10.6. The zero-order chi connectivity index (χ0) is 33.5. The summed E-state index contributed by atoms with van der Waals surface area (Å²) in [6.07, 6.45) is 4.40. The van der Waals surface area contributed by atoms with Crippen molar-refractivity contribution in [1.29, 1.82) is 0 Å². The molecule has 262 valence electrons. The van der Waals surface area contributed by atoms with Crippen LogP contribution in [0.15, 0.2) is 0 Å². The lowest BCUT2D eigenvalue weighted by molar-refractivity contribution is -0.295. The van der Waals surface area contributed by atoms with Gasteiger partial charge in [-0.05, 0) is 113 Å². The molecule has 0 bridgehead atoms. The molecular formula is C35H65N3O7. The number of aliphatic hydroxyl groups is 1. The number of carbonyl (C=O) groups excluding carboxylic acids is 2. The highest BCUT2D eigenvalue weighted by atomic mass is 16.7. The number of Topliss-reactive ketones (excluding diaryl/α,β-unsaturated/α-hetero) is 1. The monoisotopic (exact) mass is 639 g/mol. The zero-order valence-electron chi connectivity index (χ0n) is 30.0. The molecule has 45 heavy (non-hydrogen) atoms. The van der Waals surface area contributed by atoms with Gasteiger partial charge in [0.25, 0.3) is 0 Å². The van der Waals surface area contributed by atoms with Crippen molar-refractivity contribution in [3.05, 3.63) is 0 Å². The van der Waals surface area contributed by atoms with Gasteiger partial charge in [0.05, 0.1) is 24.4 Å². The maximum atomic E-state index is 14.2. The van der Waals surface area contributed by atoms with Gasteiger partial charge in [0.1, 0.15) is 11.5 Å². The Morgan fingerprint density at radius 1 is 1.04 bits per heavy atom. The van der Waals surface area contributed by atoms with Gasteiger partial charge in [-0.1, -0.05) is 20.3 Å². The number of nitrogens with zero attached hydrogens (tertiary/aromatic N) is 3. The predicted molar refractivity (Wildman–Crippen MR) is 176 cm³/mol. The minimum absolute atomic E-state index is 0.143. The normalized spacial score (nSPS) is 38.6. The highest BCUT2D eigenvalue weighted by Crippen LogP contribution is 2.38. The number of hydrogen-bond acceptors (Lipinski definition) is 10. The molecule has 0 aromatic heterocycles. The summed E-state index contributed by atoms with van der Waals surface area (Å²) >= 11 is 0. The number of rotatable bonds is 8. The number of ketones is 1. The molecule has 0 aromatic carbocycles. The van der Waals surface area contributed by atoms with E-state index in [1.807, 2.05) is 32.8 Å². The average molecular weight is 640 g/mol. The SMILES string of the molecule is CO[C@]1(C)C[C@@H](C)CN(C)C[C@@H](CCCN2CCCCC2)COC(=O)C(C)(C)C(=O)[C@H](C)[C@H]1O[C@@H]1O[C@H](C)C[C@H](N(C)C)[C@H]1O. The molecular weight excluding hydrogens is 574 g/mol. The molecule has 0 spiro atoms. The van der Waals surface area contributed by atoms with Crippen molar-refractivity contribution >= 4 is 11.8 Å². The van der Waals surface area contributed by atoms with Crippen molar-refractivity contribution in [3.63, 3.8) is 0 Å². The first-order valence-corrected chi connectivity index (χ1v) is 17.4. The van der Waals surface area contributed by atoms with E-state index in [2.05, 4.69) is 23.8 Å². The molecule has 10 nitrogen and oxygen atoms in total. The topological polar surface area (TPSA) is 101 Å². The largest absolute Gasteiger partial charge is 0.465 e. The lowest BCUT2D eigenvalue weighted by atomic mass is 9.74. The third kappa shape index (κ3) is 10.2. The van der Waals surface area contributed by atoms with Crippen LogP contribution in [0.4, 0.5) is 0 Å². The van der Waals surface area contributed by atoms with Crippen molar-refractivity contribution < 1.29 is 33.6 Å². The second-order valence-electron chi connectivity index (χ2n) is 15.5. The molecule has 0 saturated carbocycles. The molecule has 3 rings (SSSR count). The Balaban J connectivity index is 1.86. The lowest BCUT2D eigenvalue weighted by Gasteiger charge is -2.47. The van der Waals surface area contributed by atoms with E-state index in [-0.39, 0.29) is 29.8 Å². The maximum Gasteiger partial charge on any atom is 0.319 e. The maximum absolute atomic E-state index is 14.2. The van der Waals surface area contributed by atoms with Gasteiger partial charge in [0.2, 0.25) is 0 Å². The molecule has 0 radical (unpaired) electrons. The van der Waals surface area contributed by atoms with Crippen molar-refractivity contribution in [1.82, 2.24) is 14.7 Å². The summed E-state index contributed by atoms with van der Waals surface area (Å²) in [6.45, 7) is 16.6. The fourth-order valence-electron chi connectivity index (χ4n) is 7.90. The number of hydrogen-bond donors (Lipinski definition) is 1. The van der Waals surface area contributed by atoms with Gasteiger partial charge in [-0.3, -0.25) is 9.59 Å². The first-order valence-electron chi connectivity index (χ1n) is 17.4. The zero-order valence-corrected chi connectivity index (χ0v) is 30.0. The Morgan fingerprint density at radius 3 is 2.33 bits per heavy atom.